The van der Waals surface area contributed by atoms with Crippen LogP contribution in [0.25, 0.3) is 21.8 Å². The maximum Gasteiger partial charge on any atom is 0.419 e. The maximum atomic E-state index is 13.1. The second-order valence-electron chi connectivity index (χ2n) is 20.6. The van der Waals surface area contributed by atoms with E-state index in [1.54, 1.807) is 9.47 Å². The summed E-state index contributed by atoms with van der Waals surface area (Å²) in [5, 5.41) is 16.6. The molecule has 4 aromatic rings. The molecule has 4 aliphatic rings. The predicted molar refractivity (Wildman–Crippen MR) is 230 cm³/mol. The molecule has 11 heteroatoms. The normalized spacial score (nSPS) is 24.7. The molecule has 2 aromatic heterocycles. The molecule has 6 atom stereocenters. The number of ether oxygens (including phenoxy) is 2. The summed E-state index contributed by atoms with van der Waals surface area (Å²) in [4.78, 5) is 31.2. The lowest BCUT2D eigenvalue weighted by Gasteiger charge is -2.46. The molecule has 2 aromatic carbocycles. The third kappa shape index (κ3) is 8.45. The zero-order valence-electron chi connectivity index (χ0n) is 36.1. The number of aliphatic hydroxyl groups excluding tert-OH is 1. The molecule has 2 aliphatic carbocycles. The topological polar surface area (TPSA) is 118 Å². The average molecular weight is 799 g/mol. The summed E-state index contributed by atoms with van der Waals surface area (Å²) in [7, 11) is -1.66. The number of aliphatic hydroxyl groups is 1. The number of hydrogen-bond donors (Lipinski definition) is 3. The Morgan fingerprint density at radius 1 is 0.825 bits per heavy atom. The van der Waals surface area contributed by atoms with Gasteiger partial charge in [0.15, 0.2) is 8.32 Å². The van der Waals surface area contributed by atoms with E-state index < -0.39 is 25.6 Å². The number of amides is 1. The van der Waals surface area contributed by atoms with Gasteiger partial charge >= 0.3 is 12.2 Å². The standard InChI is InChI=1S/C25H34N2O5.C21H32N2OSi/c1-24(2,3)31-22(29)26-12-15(14-28)10-18-17-8-7-9-19-21(17)16(11-20(18)26)13-27(19)23(30)32-25(4,5)6;1-21(2,3)25(4,5)24-13-14-9-17-16-7-6-8-18-20(16)15(12-23-18)10-19(17)22-11-14/h7-9,13,15,18,20,28H,10-12,14H2,1-6H3;6-8,12,14,17,19,22-23H,9-11,13H2,1-5H3/t15-,18-,20-;14-,17-,19-/m11/s1. The van der Waals surface area contributed by atoms with E-state index in [4.69, 9.17) is 13.9 Å². The van der Waals surface area contributed by atoms with Gasteiger partial charge in [-0.2, -0.15) is 0 Å². The Labute approximate surface area is 340 Å². The van der Waals surface area contributed by atoms with Crippen molar-refractivity contribution in [1.29, 1.82) is 0 Å². The third-order valence-corrected chi connectivity index (χ3v) is 17.5. The van der Waals surface area contributed by atoms with E-state index in [1.807, 2.05) is 59.9 Å². The summed E-state index contributed by atoms with van der Waals surface area (Å²) < 4.78 is 19.4. The Hall–Kier alpha value is -3.64. The third-order valence-electron chi connectivity index (χ3n) is 13.0. The van der Waals surface area contributed by atoms with E-state index >= 15 is 0 Å². The van der Waals surface area contributed by atoms with Crippen molar-refractivity contribution in [2.24, 2.45) is 11.8 Å². The first-order valence-corrected chi connectivity index (χ1v) is 24.0. The first-order valence-electron chi connectivity index (χ1n) is 21.1. The molecule has 0 bridgehead atoms. The molecular formula is C46H66N4O6Si. The molecule has 2 saturated heterocycles. The summed E-state index contributed by atoms with van der Waals surface area (Å²) in [6.07, 6.45) is 7.11. The van der Waals surface area contributed by atoms with Crippen LogP contribution in [-0.2, 0) is 26.7 Å². The van der Waals surface area contributed by atoms with E-state index in [0.29, 0.717) is 30.8 Å². The molecule has 310 valence electrons. The Balaban J connectivity index is 0.000000179. The highest BCUT2D eigenvalue weighted by Gasteiger charge is 2.45. The summed E-state index contributed by atoms with van der Waals surface area (Å²) in [6, 6.07) is 13.2. The maximum absolute atomic E-state index is 13.1. The molecule has 3 N–H and O–H groups in total. The highest BCUT2D eigenvalue weighted by molar-refractivity contribution is 6.74. The number of aromatic amines is 1. The fraction of sp³-hybridized carbons (Fsp3) is 0.609. The van der Waals surface area contributed by atoms with Crippen molar-refractivity contribution in [3.05, 3.63) is 71.0 Å². The molecule has 1 amide bonds. The molecule has 57 heavy (non-hydrogen) atoms. The second kappa shape index (κ2) is 15.2. The van der Waals surface area contributed by atoms with Gasteiger partial charge in [0.25, 0.3) is 0 Å². The number of benzene rings is 2. The van der Waals surface area contributed by atoms with Crippen molar-refractivity contribution in [2.45, 2.75) is 141 Å². The number of rotatable bonds is 4. The largest absolute Gasteiger partial charge is 0.444 e. The van der Waals surface area contributed by atoms with Crippen LogP contribution >= 0.6 is 0 Å². The molecule has 2 fully saturated rings. The van der Waals surface area contributed by atoms with Gasteiger partial charge in [-0.1, -0.05) is 45.0 Å². The number of carbonyl (C=O) groups is 2. The molecule has 0 saturated carbocycles. The number of aromatic nitrogens is 2. The second-order valence-corrected chi connectivity index (χ2v) is 25.4. The Kier molecular flexibility index (Phi) is 11.1. The van der Waals surface area contributed by atoms with Crippen LogP contribution in [0.1, 0.15) is 109 Å². The van der Waals surface area contributed by atoms with Crippen molar-refractivity contribution in [1.82, 2.24) is 19.8 Å². The Morgan fingerprint density at radius 2 is 1.47 bits per heavy atom. The minimum Gasteiger partial charge on any atom is -0.444 e. The van der Waals surface area contributed by atoms with Crippen molar-refractivity contribution in [3.8, 4) is 0 Å². The zero-order valence-corrected chi connectivity index (χ0v) is 37.1. The Bertz CT molecular complexity index is 2120. The van der Waals surface area contributed by atoms with Crippen LogP contribution in [0.5, 0.6) is 0 Å². The highest BCUT2D eigenvalue weighted by Crippen LogP contribution is 2.46. The van der Waals surface area contributed by atoms with Crippen LogP contribution < -0.4 is 5.32 Å². The lowest BCUT2D eigenvalue weighted by Crippen LogP contribution is -2.54. The number of carbonyl (C=O) groups excluding carboxylic acids is 2. The van der Waals surface area contributed by atoms with Crippen LogP contribution in [0.3, 0.4) is 0 Å². The van der Waals surface area contributed by atoms with Crippen LogP contribution in [0, 0.1) is 11.8 Å². The van der Waals surface area contributed by atoms with Gasteiger partial charge in [0, 0.05) is 84.8 Å². The van der Waals surface area contributed by atoms with E-state index in [1.165, 1.54) is 28.5 Å². The summed E-state index contributed by atoms with van der Waals surface area (Å²) in [5.74, 6) is 1.28. The van der Waals surface area contributed by atoms with E-state index in [0.717, 1.165) is 48.0 Å². The number of H-pyrrole nitrogens is 1. The number of likely N-dealkylation sites (tertiary alicyclic amines) is 1. The van der Waals surface area contributed by atoms with Gasteiger partial charge in [0.05, 0.1) is 5.52 Å². The molecule has 0 radical (unpaired) electrons. The van der Waals surface area contributed by atoms with Gasteiger partial charge in [-0.15, -0.1) is 0 Å². The lowest BCUT2D eigenvalue weighted by atomic mass is 9.72. The number of hydrogen-bond acceptors (Lipinski definition) is 7. The van der Waals surface area contributed by atoms with Crippen LogP contribution in [0.2, 0.25) is 18.1 Å². The van der Waals surface area contributed by atoms with Gasteiger partial charge in [-0.05, 0) is 126 Å². The van der Waals surface area contributed by atoms with Crippen LogP contribution in [0.4, 0.5) is 9.59 Å². The van der Waals surface area contributed by atoms with Crippen LogP contribution in [-0.4, -0.2) is 89.7 Å². The molecule has 0 unspecified atom stereocenters. The molecule has 2 aliphatic heterocycles. The molecule has 10 nitrogen and oxygen atoms in total. The van der Waals surface area contributed by atoms with E-state index in [9.17, 15) is 14.7 Å². The van der Waals surface area contributed by atoms with Crippen molar-refractivity contribution < 1.29 is 28.6 Å². The lowest BCUT2D eigenvalue weighted by molar-refractivity contribution is -0.00700. The van der Waals surface area contributed by atoms with Gasteiger partial charge in [-0.25, -0.2) is 9.59 Å². The van der Waals surface area contributed by atoms with Gasteiger partial charge in [0.1, 0.15) is 11.2 Å². The van der Waals surface area contributed by atoms with Gasteiger partial charge < -0.3 is 34.2 Å². The minimum absolute atomic E-state index is 0.0181. The number of nitrogens with zero attached hydrogens (tertiary/aromatic N) is 2. The molecule has 8 rings (SSSR count). The SMILES string of the molecule is CC(C)(C)OC(=O)N1C[C@H](CO)C[C@@H]2c3cccc4c3c(cn4C(=O)OC(C)(C)C)C[C@H]21.CC(C)(C)[Si](C)(C)OC[C@H]1CN[C@@H]2Cc3c[nH]c4cccc(c34)[C@H]2C1. The quantitative estimate of drug-likeness (QED) is 0.176. The number of nitrogens with one attached hydrogen (secondary N) is 2. The fourth-order valence-corrected chi connectivity index (χ4v) is 10.4. The van der Waals surface area contributed by atoms with Gasteiger partial charge in [-0.3, -0.25) is 4.57 Å². The number of fused-ring (bicyclic) bond motifs is 4. The van der Waals surface area contributed by atoms with E-state index in [-0.39, 0.29) is 35.6 Å². The van der Waals surface area contributed by atoms with Crippen molar-refractivity contribution >= 4 is 42.3 Å². The fourth-order valence-electron chi connectivity index (χ4n) is 9.31. The summed E-state index contributed by atoms with van der Waals surface area (Å²) in [5.41, 5.74) is 6.08. The van der Waals surface area contributed by atoms with Crippen molar-refractivity contribution in [3.63, 3.8) is 0 Å². The summed E-state index contributed by atoms with van der Waals surface area (Å²) >= 11 is 0. The highest BCUT2D eigenvalue weighted by atomic mass is 28.4. The molecular weight excluding hydrogens is 733 g/mol. The first kappa shape index (κ1) is 41.5. The van der Waals surface area contributed by atoms with E-state index in [2.05, 4.69) is 74.6 Å². The smallest absolute Gasteiger partial charge is 0.419 e. The molecule has 4 heterocycles. The number of piperidine rings is 2. The van der Waals surface area contributed by atoms with Crippen LogP contribution in [0.15, 0.2) is 48.8 Å². The Morgan fingerprint density at radius 3 is 2.14 bits per heavy atom. The minimum atomic E-state index is -1.66. The van der Waals surface area contributed by atoms with Crippen molar-refractivity contribution in [2.75, 3.05) is 26.3 Å². The predicted octanol–water partition coefficient (Wildman–Crippen LogP) is 9.49. The zero-order chi connectivity index (χ0) is 41.2. The average Bonchev–Trinajstić information content (AvgIpc) is 3.72. The molecule has 0 spiro atoms. The summed E-state index contributed by atoms with van der Waals surface area (Å²) in [6.45, 7) is 25.3. The first-order chi connectivity index (χ1) is 26.6. The van der Waals surface area contributed by atoms with Gasteiger partial charge in [0.2, 0.25) is 0 Å². The monoisotopic (exact) mass is 798 g/mol.